The van der Waals surface area contributed by atoms with Crippen molar-refractivity contribution in [2.75, 3.05) is 0 Å². The zero-order valence-electron chi connectivity index (χ0n) is 13.2. The Balaban J connectivity index is 2.77. The molecule has 0 N–H and O–H groups in total. The standard InChI is InChI=1S/C17H22N2O2/c1-10(2)15-14(17(20)21)16(11(3)4)19(18-15)13-8-6-7-12(5)9-13/h6-11H,1-5H3,(H,20,21)/p-1. The van der Waals surface area contributed by atoms with Gasteiger partial charge in [0.25, 0.3) is 0 Å². The quantitative estimate of drug-likeness (QED) is 0.868. The zero-order valence-corrected chi connectivity index (χ0v) is 13.2. The Bertz CT molecular complexity index is 669. The molecule has 1 aromatic heterocycles. The van der Waals surface area contributed by atoms with E-state index < -0.39 is 5.97 Å². The number of rotatable bonds is 4. The fourth-order valence-corrected chi connectivity index (χ4v) is 2.55. The highest BCUT2D eigenvalue weighted by molar-refractivity contribution is 5.89. The summed E-state index contributed by atoms with van der Waals surface area (Å²) in [6, 6.07) is 7.90. The maximum Gasteiger partial charge on any atom is 0.0752 e. The van der Waals surface area contributed by atoms with Gasteiger partial charge in [-0.2, -0.15) is 5.10 Å². The average molecular weight is 285 g/mol. The molecule has 0 saturated carbocycles. The summed E-state index contributed by atoms with van der Waals surface area (Å²) in [7, 11) is 0. The first kappa shape index (κ1) is 15.3. The Morgan fingerprint density at radius 2 is 1.86 bits per heavy atom. The Kier molecular flexibility index (Phi) is 4.16. The van der Waals surface area contributed by atoms with Gasteiger partial charge < -0.3 is 9.90 Å². The number of aromatic nitrogens is 2. The molecule has 21 heavy (non-hydrogen) atoms. The molecule has 0 radical (unpaired) electrons. The van der Waals surface area contributed by atoms with Crippen LogP contribution in [0.5, 0.6) is 0 Å². The van der Waals surface area contributed by atoms with E-state index in [1.165, 1.54) is 0 Å². The maximum absolute atomic E-state index is 11.6. The van der Waals surface area contributed by atoms with Crippen LogP contribution in [-0.4, -0.2) is 15.7 Å². The molecule has 0 amide bonds. The summed E-state index contributed by atoms with van der Waals surface area (Å²) in [5.74, 6) is -1.08. The Morgan fingerprint density at radius 3 is 2.33 bits per heavy atom. The van der Waals surface area contributed by atoms with Crippen LogP contribution in [0.3, 0.4) is 0 Å². The van der Waals surface area contributed by atoms with Crippen LogP contribution in [0, 0.1) is 6.92 Å². The van der Waals surface area contributed by atoms with Crippen LogP contribution in [0.1, 0.15) is 66.8 Å². The predicted molar refractivity (Wildman–Crippen MR) is 80.8 cm³/mol. The third-order valence-corrected chi connectivity index (χ3v) is 3.49. The fraction of sp³-hybridized carbons (Fsp3) is 0.412. The molecular weight excluding hydrogens is 264 g/mol. The van der Waals surface area contributed by atoms with E-state index in [-0.39, 0.29) is 17.4 Å². The van der Waals surface area contributed by atoms with E-state index in [9.17, 15) is 9.90 Å². The van der Waals surface area contributed by atoms with Gasteiger partial charge in [-0.1, -0.05) is 39.8 Å². The Labute approximate surface area is 125 Å². The minimum Gasteiger partial charge on any atom is -0.545 e. The SMILES string of the molecule is Cc1cccc(-n2nc(C(C)C)c(C(=O)[O-])c2C(C)C)c1. The molecular formula is C17H21N2O2-. The van der Waals surface area contributed by atoms with Crippen molar-refractivity contribution in [2.24, 2.45) is 0 Å². The van der Waals surface area contributed by atoms with Crippen molar-refractivity contribution in [1.82, 2.24) is 9.78 Å². The number of aromatic carboxylic acids is 1. The van der Waals surface area contributed by atoms with Crippen LogP contribution in [0.25, 0.3) is 5.69 Å². The molecule has 0 aliphatic rings. The van der Waals surface area contributed by atoms with Crippen LogP contribution >= 0.6 is 0 Å². The number of carbonyl (C=O) groups excluding carboxylic acids is 1. The number of aryl methyl sites for hydroxylation is 1. The first-order valence-corrected chi connectivity index (χ1v) is 7.24. The monoisotopic (exact) mass is 285 g/mol. The lowest BCUT2D eigenvalue weighted by Gasteiger charge is -2.14. The smallest absolute Gasteiger partial charge is 0.0752 e. The predicted octanol–water partition coefficient (Wildman–Crippen LogP) is 2.79. The van der Waals surface area contributed by atoms with Crippen LogP contribution in [0.4, 0.5) is 0 Å². The molecule has 0 atom stereocenters. The lowest BCUT2D eigenvalue weighted by molar-refractivity contribution is -0.255. The molecule has 2 rings (SSSR count). The van der Waals surface area contributed by atoms with Gasteiger partial charge in [0.1, 0.15) is 0 Å². The van der Waals surface area contributed by atoms with Crippen molar-refractivity contribution < 1.29 is 9.90 Å². The van der Waals surface area contributed by atoms with Crippen LogP contribution < -0.4 is 5.11 Å². The van der Waals surface area contributed by atoms with Gasteiger partial charge in [0, 0.05) is 5.56 Å². The van der Waals surface area contributed by atoms with Gasteiger partial charge in [-0.25, -0.2) is 4.68 Å². The summed E-state index contributed by atoms with van der Waals surface area (Å²) in [5, 5.41) is 16.2. The molecule has 0 saturated heterocycles. The third kappa shape index (κ3) is 2.84. The summed E-state index contributed by atoms with van der Waals surface area (Å²) >= 11 is 0. The first-order valence-electron chi connectivity index (χ1n) is 7.24. The minimum absolute atomic E-state index is 0.0291. The molecule has 0 spiro atoms. The molecule has 0 aliphatic heterocycles. The number of nitrogens with zero attached hydrogens (tertiary/aromatic N) is 2. The zero-order chi connectivity index (χ0) is 15.7. The Hall–Kier alpha value is -2.10. The van der Waals surface area contributed by atoms with Crippen LogP contribution in [0.2, 0.25) is 0 Å². The maximum atomic E-state index is 11.6. The molecule has 0 bridgehead atoms. The van der Waals surface area contributed by atoms with E-state index >= 15 is 0 Å². The lowest BCUT2D eigenvalue weighted by Crippen LogP contribution is -2.25. The molecule has 0 unspecified atom stereocenters. The highest BCUT2D eigenvalue weighted by Gasteiger charge is 2.23. The molecule has 0 aliphatic carbocycles. The molecule has 1 heterocycles. The van der Waals surface area contributed by atoms with Crippen molar-refractivity contribution in [3.05, 3.63) is 46.8 Å². The van der Waals surface area contributed by atoms with E-state index in [4.69, 9.17) is 0 Å². The highest BCUT2D eigenvalue weighted by Crippen LogP contribution is 2.29. The molecule has 0 fully saturated rings. The van der Waals surface area contributed by atoms with Gasteiger partial charge in [-0.3, -0.25) is 0 Å². The van der Waals surface area contributed by atoms with E-state index in [2.05, 4.69) is 5.10 Å². The van der Waals surface area contributed by atoms with Crippen molar-refractivity contribution in [2.45, 2.75) is 46.5 Å². The second-order valence-corrected chi connectivity index (χ2v) is 5.99. The number of carboxylic acid groups (broad SMARTS) is 1. The molecule has 2 aromatic rings. The number of carbonyl (C=O) groups is 1. The van der Waals surface area contributed by atoms with E-state index in [0.29, 0.717) is 11.4 Å². The average Bonchev–Trinajstić information content (AvgIpc) is 2.79. The second-order valence-electron chi connectivity index (χ2n) is 5.99. The van der Waals surface area contributed by atoms with Gasteiger partial charge in [0.05, 0.1) is 23.0 Å². The number of hydrogen-bond acceptors (Lipinski definition) is 3. The Morgan fingerprint density at radius 1 is 1.19 bits per heavy atom. The van der Waals surface area contributed by atoms with Crippen molar-refractivity contribution in [1.29, 1.82) is 0 Å². The van der Waals surface area contributed by atoms with Gasteiger partial charge in [-0.05, 0) is 36.5 Å². The number of carboxylic acids is 1. The highest BCUT2D eigenvalue weighted by atomic mass is 16.4. The van der Waals surface area contributed by atoms with Crippen molar-refractivity contribution >= 4 is 5.97 Å². The van der Waals surface area contributed by atoms with Gasteiger partial charge in [-0.15, -0.1) is 0 Å². The van der Waals surface area contributed by atoms with E-state index in [0.717, 1.165) is 11.3 Å². The summed E-state index contributed by atoms with van der Waals surface area (Å²) in [4.78, 5) is 11.6. The van der Waals surface area contributed by atoms with Gasteiger partial charge in [0.2, 0.25) is 0 Å². The van der Waals surface area contributed by atoms with E-state index in [1.807, 2.05) is 58.9 Å². The van der Waals surface area contributed by atoms with Crippen LogP contribution in [0.15, 0.2) is 24.3 Å². The molecule has 1 aromatic carbocycles. The van der Waals surface area contributed by atoms with Crippen molar-refractivity contribution in [3.8, 4) is 5.69 Å². The topological polar surface area (TPSA) is 58.0 Å². The molecule has 112 valence electrons. The van der Waals surface area contributed by atoms with E-state index in [1.54, 1.807) is 4.68 Å². The number of hydrogen-bond donors (Lipinski definition) is 0. The third-order valence-electron chi connectivity index (χ3n) is 3.49. The van der Waals surface area contributed by atoms with Crippen LogP contribution in [-0.2, 0) is 0 Å². The van der Waals surface area contributed by atoms with Gasteiger partial charge >= 0.3 is 0 Å². The minimum atomic E-state index is -1.15. The lowest BCUT2D eigenvalue weighted by atomic mass is 9.99. The second kappa shape index (κ2) is 5.72. The number of benzene rings is 1. The molecule has 4 nitrogen and oxygen atoms in total. The summed E-state index contributed by atoms with van der Waals surface area (Å²) in [6.07, 6.45) is 0. The largest absolute Gasteiger partial charge is 0.545 e. The molecule has 4 heteroatoms. The van der Waals surface area contributed by atoms with Crippen molar-refractivity contribution in [3.63, 3.8) is 0 Å². The fourth-order valence-electron chi connectivity index (χ4n) is 2.55. The summed E-state index contributed by atoms with van der Waals surface area (Å²) in [5.41, 5.74) is 3.51. The first-order chi connectivity index (χ1) is 9.82. The van der Waals surface area contributed by atoms with Gasteiger partial charge in [0.15, 0.2) is 0 Å². The normalized spacial score (nSPS) is 11.4. The summed E-state index contributed by atoms with van der Waals surface area (Å²) < 4.78 is 1.75. The summed E-state index contributed by atoms with van der Waals surface area (Å²) in [6.45, 7) is 9.84.